The highest BCUT2D eigenvalue weighted by molar-refractivity contribution is 5.76. The lowest BCUT2D eigenvalue weighted by molar-refractivity contribution is -0.118. The topological polar surface area (TPSA) is 44.1 Å². The summed E-state index contributed by atoms with van der Waals surface area (Å²) in [5, 5.41) is 8.92. The molecule has 0 N–H and O–H groups in total. The van der Waals surface area contributed by atoms with Crippen molar-refractivity contribution in [1.29, 1.82) is 5.26 Å². The Bertz CT molecular complexity index is 341. The van der Waals surface area contributed by atoms with Crippen LogP contribution in [0.25, 0.3) is 0 Å². The van der Waals surface area contributed by atoms with E-state index in [1.807, 2.05) is 0 Å². The van der Waals surface area contributed by atoms with Crippen molar-refractivity contribution in [1.82, 2.24) is 4.90 Å². The van der Waals surface area contributed by atoms with E-state index in [2.05, 4.69) is 11.0 Å². The molecule has 3 nitrogen and oxygen atoms in total. The molecule has 3 heteroatoms. The van der Waals surface area contributed by atoms with E-state index in [4.69, 9.17) is 5.26 Å². The van der Waals surface area contributed by atoms with E-state index in [9.17, 15) is 4.79 Å². The van der Waals surface area contributed by atoms with E-state index in [1.54, 1.807) is 6.92 Å². The number of rotatable bonds is 5. The van der Waals surface area contributed by atoms with Gasteiger partial charge in [-0.25, -0.2) is 0 Å². The monoisotopic (exact) mass is 248 g/mol. The molecule has 0 spiro atoms. The predicted octanol–water partition coefficient (Wildman–Crippen LogP) is 2.90. The van der Waals surface area contributed by atoms with E-state index in [0.29, 0.717) is 24.7 Å². The Morgan fingerprint density at radius 3 is 2.78 bits per heavy atom. The lowest BCUT2D eigenvalue weighted by atomic mass is 9.99. The SMILES string of the molecule is CC(=O)CC1CCCCCN1CC1(CC#N)CC1. The van der Waals surface area contributed by atoms with Crippen LogP contribution in [-0.4, -0.2) is 29.8 Å². The average Bonchev–Trinajstić information content (AvgIpc) is 3.07. The van der Waals surface area contributed by atoms with Crippen LogP contribution in [0.15, 0.2) is 0 Å². The molecule has 2 rings (SSSR count). The second-order valence-electron chi connectivity index (χ2n) is 6.21. The maximum absolute atomic E-state index is 11.4. The summed E-state index contributed by atoms with van der Waals surface area (Å²) >= 11 is 0. The van der Waals surface area contributed by atoms with Gasteiger partial charge in [0.1, 0.15) is 5.78 Å². The average molecular weight is 248 g/mol. The van der Waals surface area contributed by atoms with Crippen LogP contribution in [0.1, 0.15) is 58.3 Å². The third kappa shape index (κ3) is 3.55. The summed E-state index contributed by atoms with van der Waals surface area (Å²) in [4.78, 5) is 13.9. The standard InChI is InChI=1S/C15H24N2O/c1-13(18)11-14-5-3-2-4-10-17(14)12-15(6-7-15)8-9-16/h14H,2-8,10-12H2,1H3. The number of Topliss-reactive ketones (excluding diaryl/α,β-unsaturated/α-hetero) is 1. The van der Waals surface area contributed by atoms with Crippen LogP contribution in [0.3, 0.4) is 0 Å². The first kappa shape index (κ1) is 13.5. The molecule has 100 valence electrons. The third-order valence-electron chi connectivity index (χ3n) is 4.47. The van der Waals surface area contributed by atoms with Crippen molar-refractivity contribution in [3.05, 3.63) is 0 Å². The number of ketones is 1. The zero-order chi connectivity index (χ0) is 13.0. The first-order valence-electron chi connectivity index (χ1n) is 7.26. The lowest BCUT2D eigenvalue weighted by Crippen LogP contribution is -2.40. The molecular formula is C15H24N2O. The molecule has 1 heterocycles. The normalized spacial score (nSPS) is 27.2. The molecule has 0 aromatic heterocycles. The molecule has 0 aromatic rings. The van der Waals surface area contributed by atoms with Crippen LogP contribution in [-0.2, 0) is 4.79 Å². The number of hydrogen-bond donors (Lipinski definition) is 0. The molecule has 1 atom stereocenters. The number of nitriles is 1. The van der Waals surface area contributed by atoms with Crippen LogP contribution >= 0.6 is 0 Å². The summed E-state index contributed by atoms with van der Waals surface area (Å²) in [5.74, 6) is 0.303. The quantitative estimate of drug-likeness (QED) is 0.751. The van der Waals surface area contributed by atoms with Crippen molar-refractivity contribution in [2.75, 3.05) is 13.1 Å². The maximum Gasteiger partial charge on any atom is 0.131 e. The second kappa shape index (κ2) is 5.84. The molecular weight excluding hydrogens is 224 g/mol. The summed E-state index contributed by atoms with van der Waals surface area (Å²) in [5.41, 5.74) is 0.272. The molecule has 1 aliphatic heterocycles. The van der Waals surface area contributed by atoms with Gasteiger partial charge in [0.2, 0.25) is 0 Å². The Kier molecular flexibility index (Phi) is 4.40. The van der Waals surface area contributed by atoms with Gasteiger partial charge in [0.15, 0.2) is 0 Å². The molecule has 2 aliphatic rings. The van der Waals surface area contributed by atoms with Crippen LogP contribution in [0.4, 0.5) is 0 Å². The summed E-state index contributed by atoms with van der Waals surface area (Å²) < 4.78 is 0. The summed E-state index contributed by atoms with van der Waals surface area (Å²) in [6, 6.07) is 2.77. The van der Waals surface area contributed by atoms with Gasteiger partial charge in [-0.2, -0.15) is 5.26 Å². The number of likely N-dealkylation sites (tertiary alicyclic amines) is 1. The van der Waals surface area contributed by atoms with E-state index >= 15 is 0 Å². The Balaban J connectivity index is 1.97. The summed E-state index contributed by atoms with van der Waals surface area (Å²) in [7, 11) is 0. The number of carbonyl (C=O) groups is 1. The van der Waals surface area contributed by atoms with Crippen LogP contribution in [0.2, 0.25) is 0 Å². The van der Waals surface area contributed by atoms with E-state index in [-0.39, 0.29) is 5.41 Å². The van der Waals surface area contributed by atoms with Gasteiger partial charge in [-0.3, -0.25) is 9.69 Å². The minimum absolute atomic E-state index is 0.272. The minimum atomic E-state index is 0.272. The van der Waals surface area contributed by atoms with Gasteiger partial charge in [0, 0.05) is 25.4 Å². The van der Waals surface area contributed by atoms with Gasteiger partial charge in [0.05, 0.1) is 6.07 Å². The molecule has 1 aliphatic carbocycles. The van der Waals surface area contributed by atoms with E-state index in [1.165, 1.54) is 32.1 Å². The van der Waals surface area contributed by atoms with Gasteiger partial charge in [-0.1, -0.05) is 12.8 Å². The second-order valence-corrected chi connectivity index (χ2v) is 6.21. The highest BCUT2D eigenvalue weighted by Gasteiger charge is 2.44. The van der Waals surface area contributed by atoms with Crippen molar-refractivity contribution < 1.29 is 4.79 Å². The zero-order valence-corrected chi connectivity index (χ0v) is 11.5. The van der Waals surface area contributed by atoms with E-state index in [0.717, 1.165) is 19.5 Å². The molecule has 0 bridgehead atoms. The minimum Gasteiger partial charge on any atom is -0.300 e. The van der Waals surface area contributed by atoms with Crippen molar-refractivity contribution >= 4 is 5.78 Å². The first-order chi connectivity index (χ1) is 8.65. The number of hydrogen-bond acceptors (Lipinski definition) is 3. The van der Waals surface area contributed by atoms with Gasteiger partial charge in [0.25, 0.3) is 0 Å². The number of nitrogens with zero attached hydrogens (tertiary/aromatic N) is 2. The molecule has 2 fully saturated rings. The highest BCUT2D eigenvalue weighted by atomic mass is 16.1. The van der Waals surface area contributed by atoms with Crippen molar-refractivity contribution in [2.45, 2.75) is 64.3 Å². The predicted molar refractivity (Wildman–Crippen MR) is 71.0 cm³/mol. The fraction of sp³-hybridized carbons (Fsp3) is 0.867. The van der Waals surface area contributed by atoms with Crippen molar-refractivity contribution in [3.63, 3.8) is 0 Å². The smallest absolute Gasteiger partial charge is 0.131 e. The Morgan fingerprint density at radius 2 is 2.17 bits per heavy atom. The Morgan fingerprint density at radius 1 is 1.39 bits per heavy atom. The molecule has 1 saturated heterocycles. The van der Waals surface area contributed by atoms with Gasteiger partial charge < -0.3 is 0 Å². The molecule has 0 amide bonds. The summed E-state index contributed by atoms with van der Waals surface area (Å²) in [6.45, 7) is 3.86. The molecule has 0 radical (unpaired) electrons. The molecule has 0 aromatic carbocycles. The number of carbonyl (C=O) groups excluding carboxylic acids is 1. The van der Waals surface area contributed by atoms with Gasteiger partial charge in [-0.15, -0.1) is 0 Å². The van der Waals surface area contributed by atoms with Crippen molar-refractivity contribution in [2.24, 2.45) is 5.41 Å². The Hall–Kier alpha value is -0.880. The molecule has 1 saturated carbocycles. The third-order valence-corrected chi connectivity index (χ3v) is 4.47. The van der Waals surface area contributed by atoms with Crippen LogP contribution in [0.5, 0.6) is 0 Å². The maximum atomic E-state index is 11.4. The van der Waals surface area contributed by atoms with Crippen molar-refractivity contribution in [3.8, 4) is 6.07 Å². The van der Waals surface area contributed by atoms with Crippen LogP contribution < -0.4 is 0 Å². The highest BCUT2D eigenvalue weighted by Crippen LogP contribution is 2.49. The van der Waals surface area contributed by atoms with Crippen LogP contribution in [0, 0.1) is 16.7 Å². The van der Waals surface area contributed by atoms with E-state index < -0.39 is 0 Å². The Labute approximate surface area is 110 Å². The fourth-order valence-electron chi connectivity index (χ4n) is 3.17. The van der Waals surface area contributed by atoms with Gasteiger partial charge >= 0.3 is 0 Å². The summed E-state index contributed by atoms with van der Waals surface area (Å²) in [6.07, 6.45) is 8.72. The lowest BCUT2D eigenvalue weighted by Gasteiger charge is -2.32. The zero-order valence-electron chi connectivity index (χ0n) is 11.5. The molecule has 18 heavy (non-hydrogen) atoms. The fourth-order valence-corrected chi connectivity index (χ4v) is 3.17. The van der Waals surface area contributed by atoms with Gasteiger partial charge in [-0.05, 0) is 44.6 Å². The largest absolute Gasteiger partial charge is 0.300 e. The first-order valence-corrected chi connectivity index (χ1v) is 7.26. The molecule has 1 unspecified atom stereocenters.